The highest BCUT2D eigenvalue weighted by molar-refractivity contribution is 6.13. The van der Waals surface area contributed by atoms with Gasteiger partial charge in [0.05, 0.1) is 22.3 Å². The quantitative estimate of drug-likeness (QED) is 0.210. The molecule has 0 aliphatic rings. The summed E-state index contributed by atoms with van der Waals surface area (Å²) in [6, 6.07) is 24.4. The zero-order valence-corrected chi connectivity index (χ0v) is 20.9. The summed E-state index contributed by atoms with van der Waals surface area (Å²) in [5.74, 6) is -5.36. The second-order valence-corrected chi connectivity index (χ2v) is 8.58. The van der Waals surface area contributed by atoms with Gasteiger partial charge in [-0.25, -0.2) is 19.2 Å². The van der Waals surface area contributed by atoms with Crippen molar-refractivity contribution in [1.82, 2.24) is 0 Å². The molecule has 4 rings (SSSR count). The highest BCUT2D eigenvalue weighted by Gasteiger charge is 2.24. The second-order valence-electron chi connectivity index (χ2n) is 8.58. The lowest BCUT2D eigenvalue weighted by atomic mass is 9.95. The molecule has 9 heteroatoms. The van der Waals surface area contributed by atoms with Crippen molar-refractivity contribution in [2.75, 3.05) is 0 Å². The Morgan fingerprint density at radius 2 is 0.925 bits per heavy atom. The lowest BCUT2D eigenvalue weighted by molar-refractivity contribution is 0.0458. The van der Waals surface area contributed by atoms with E-state index in [9.17, 15) is 34.2 Å². The van der Waals surface area contributed by atoms with Crippen LogP contribution in [0.3, 0.4) is 0 Å². The molecule has 2 N–H and O–H groups in total. The van der Waals surface area contributed by atoms with Gasteiger partial charge in [0.1, 0.15) is 13.2 Å². The van der Waals surface area contributed by atoms with Crippen LogP contribution in [0.25, 0.3) is 0 Å². The lowest BCUT2D eigenvalue weighted by Gasteiger charge is -2.11. The van der Waals surface area contributed by atoms with Crippen LogP contribution in [0.2, 0.25) is 0 Å². The van der Waals surface area contributed by atoms with Crippen molar-refractivity contribution in [2.24, 2.45) is 0 Å². The predicted molar refractivity (Wildman–Crippen MR) is 141 cm³/mol. The SMILES string of the molecule is O=C(c1ccc(C(=O)OCc2ccccc2)c(C(=O)O)c1)c1ccc(C(=O)O)c(C(=O)OCc2ccccc2)c1. The van der Waals surface area contributed by atoms with E-state index in [1.807, 2.05) is 0 Å². The van der Waals surface area contributed by atoms with Crippen molar-refractivity contribution in [2.45, 2.75) is 13.2 Å². The molecule has 0 aliphatic carbocycles. The van der Waals surface area contributed by atoms with Crippen LogP contribution in [0.5, 0.6) is 0 Å². The van der Waals surface area contributed by atoms with E-state index in [0.29, 0.717) is 11.1 Å². The van der Waals surface area contributed by atoms with Gasteiger partial charge in [0.2, 0.25) is 0 Å². The summed E-state index contributed by atoms with van der Waals surface area (Å²) in [6.45, 7) is -0.181. The fourth-order valence-corrected chi connectivity index (χ4v) is 3.85. The maximum absolute atomic E-state index is 13.2. The van der Waals surface area contributed by atoms with Crippen molar-refractivity contribution in [1.29, 1.82) is 0 Å². The zero-order valence-electron chi connectivity index (χ0n) is 20.9. The van der Waals surface area contributed by atoms with Gasteiger partial charge in [-0.3, -0.25) is 4.79 Å². The van der Waals surface area contributed by atoms with Gasteiger partial charge in [-0.1, -0.05) is 72.8 Å². The molecule has 9 nitrogen and oxygen atoms in total. The Bertz CT molecular complexity index is 1590. The fourth-order valence-electron chi connectivity index (χ4n) is 3.85. The number of hydrogen-bond acceptors (Lipinski definition) is 7. The lowest BCUT2D eigenvalue weighted by Crippen LogP contribution is -2.15. The molecule has 0 amide bonds. The molecule has 0 aliphatic heterocycles. The highest BCUT2D eigenvalue weighted by atomic mass is 16.5. The first-order chi connectivity index (χ1) is 19.2. The van der Waals surface area contributed by atoms with E-state index in [1.54, 1.807) is 60.7 Å². The summed E-state index contributed by atoms with van der Waals surface area (Å²) in [5.41, 5.74) is -0.173. The third-order valence-corrected chi connectivity index (χ3v) is 5.89. The molecule has 40 heavy (non-hydrogen) atoms. The van der Waals surface area contributed by atoms with Crippen LogP contribution in [-0.2, 0) is 22.7 Å². The van der Waals surface area contributed by atoms with Crippen LogP contribution in [0.15, 0.2) is 97.1 Å². The summed E-state index contributed by atoms with van der Waals surface area (Å²) in [6.07, 6.45) is 0. The minimum atomic E-state index is -1.45. The minimum Gasteiger partial charge on any atom is -0.478 e. The summed E-state index contributed by atoms with van der Waals surface area (Å²) >= 11 is 0. The van der Waals surface area contributed by atoms with Gasteiger partial charge in [0.15, 0.2) is 5.78 Å². The van der Waals surface area contributed by atoms with Crippen LogP contribution < -0.4 is 0 Å². The second kappa shape index (κ2) is 12.3. The van der Waals surface area contributed by atoms with Crippen LogP contribution in [0, 0.1) is 0 Å². The largest absolute Gasteiger partial charge is 0.478 e. The third-order valence-electron chi connectivity index (χ3n) is 5.89. The smallest absolute Gasteiger partial charge is 0.339 e. The van der Waals surface area contributed by atoms with Crippen LogP contribution in [-0.4, -0.2) is 39.9 Å². The first-order valence-electron chi connectivity index (χ1n) is 12.0. The summed E-state index contributed by atoms with van der Waals surface area (Å²) in [4.78, 5) is 62.2. The molecule has 0 aromatic heterocycles. The molecular weight excluding hydrogens is 516 g/mol. The van der Waals surface area contributed by atoms with Gasteiger partial charge in [-0.15, -0.1) is 0 Å². The van der Waals surface area contributed by atoms with Gasteiger partial charge < -0.3 is 19.7 Å². The standard InChI is InChI=1S/C31H22O9/c32-27(21-12-14-24(25(15-21)29(35)36)30(37)39-17-19-7-3-1-4-8-19)22-11-13-23(28(33)34)26(16-22)31(38)40-18-20-9-5-2-6-10-20/h1-16H,17-18H2,(H,33,34)(H,35,36). The van der Waals surface area contributed by atoms with Gasteiger partial charge in [0.25, 0.3) is 0 Å². The maximum atomic E-state index is 13.2. The van der Waals surface area contributed by atoms with E-state index < -0.39 is 35.2 Å². The van der Waals surface area contributed by atoms with E-state index in [-0.39, 0.29) is 41.0 Å². The number of rotatable bonds is 10. The van der Waals surface area contributed by atoms with Crippen molar-refractivity contribution in [3.8, 4) is 0 Å². The Labute approximate surface area is 228 Å². The normalized spacial score (nSPS) is 10.4. The Kier molecular flexibility index (Phi) is 8.46. The molecule has 0 bridgehead atoms. The third kappa shape index (κ3) is 6.46. The number of carboxylic acid groups (broad SMARTS) is 2. The Hall–Kier alpha value is -5.57. The van der Waals surface area contributed by atoms with E-state index in [4.69, 9.17) is 9.47 Å². The van der Waals surface area contributed by atoms with Crippen LogP contribution in [0.1, 0.15) is 68.5 Å². The van der Waals surface area contributed by atoms with Gasteiger partial charge in [-0.05, 0) is 35.4 Å². The molecule has 0 unspecified atom stereocenters. The van der Waals surface area contributed by atoms with Gasteiger partial charge >= 0.3 is 23.9 Å². The minimum absolute atomic E-state index is 0.0709. The highest BCUT2D eigenvalue weighted by Crippen LogP contribution is 2.21. The molecular formula is C31H22O9. The number of carbonyl (C=O) groups excluding carboxylic acids is 3. The van der Waals surface area contributed by atoms with Gasteiger partial charge in [-0.2, -0.15) is 0 Å². The van der Waals surface area contributed by atoms with Crippen molar-refractivity contribution in [3.63, 3.8) is 0 Å². The van der Waals surface area contributed by atoms with Crippen molar-refractivity contribution >= 4 is 29.7 Å². The Balaban J connectivity index is 1.58. The Morgan fingerprint density at radius 1 is 0.500 bits per heavy atom. The number of benzene rings is 4. The summed E-state index contributed by atoms with van der Waals surface area (Å²) in [7, 11) is 0. The zero-order chi connectivity index (χ0) is 28.6. The first kappa shape index (κ1) is 27.5. The number of hydrogen-bond donors (Lipinski definition) is 2. The number of ketones is 1. The summed E-state index contributed by atoms with van der Waals surface area (Å²) in [5, 5.41) is 19.2. The monoisotopic (exact) mass is 538 g/mol. The molecule has 0 spiro atoms. The van der Waals surface area contributed by atoms with E-state index in [1.165, 1.54) is 18.2 Å². The van der Waals surface area contributed by atoms with Crippen molar-refractivity contribution in [3.05, 3.63) is 142 Å². The number of esters is 2. The number of ether oxygens (including phenoxy) is 2. The predicted octanol–water partition coefficient (Wildman–Crippen LogP) is 5.03. The maximum Gasteiger partial charge on any atom is 0.339 e. The molecule has 0 saturated heterocycles. The molecule has 0 radical (unpaired) electrons. The van der Waals surface area contributed by atoms with E-state index >= 15 is 0 Å². The molecule has 200 valence electrons. The fraction of sp³-hybridized carbons (Fsp3) is 0.0645. The topological polar surface area (TPSA) is 144 Å². The van der Waals surface area contributed by atoms with E-state index in [0.717, 1.165) is 18.2 Å². The number of carboxylic acids is 2. The Morgan fingerprint density at radius 3 is 1.40 bits per heavy atom. The molecule has 4 aromatic carbocycles. The van der Waals surface area contributed by atoms with E-state index in [2.05, 4.69) is 0 Å². The molecule has 0 heterocycles. The average molecular weight is 539 g/mol. The van der Waals surface area contributed by atoms with Crippen LogP contribution in [0.4, 0.5) is 0 Å². The first-order valence-corrected chi connectivity index (χ1v) is 12.0. The molecule has 4 aromatic rings. The molecule has 0 fully saturated rings. The number of aromatic carboxylic acids is 2. The molecule has 0 atom stereocenters. The average Bonchev–Trinajstić information content (AvgIpc) is 2.98. The van der Waals surface area contributed by atoms with Crippen LogP contribution >= 0.6 is 0 Å². The molecule has 0 saturated carbocycles. The van der Waals surface area contributed by atoms with Gasteiger partial charge in [0, 0.05) is 11.1 Å². The van der Waals surface area contributed by atoms with Crippen molar-refractivity contribution < 1.29 is 43.7 Å². The number of carbonyl (C=O) groups is 5. The summed E-state index contributed by atoms with van der Waals surface area (Å²) < 4.78 is 10.5.